The highest BCUT2D eigenvalue weighted by Gasteiger charge is 2.12. The van der Waals surface area contributed by atoms with E-state index in [1.54, 1.807) is 30.3 Å². The van der Waals surface area contributed by atoms with Crippen LogP contribution in [0.3, 0.4) is 0 Å². The Bertz CT molecular complexity index is 486. The van der Waals surface area contributed by atoms with Gasteiger partial charge in [-0.25, -0.2) is 0 Å². The summed E-state index contributed by atoms with van der Waals surface area (Å²) < 4.78 is 0. The van der Waals surface area contributed by atoms with Gasteiger partial charge in [-0.15, -0.1) is 11.3 Å². The molecule has 1 rings (SSSR count). The van der Waals surface area contributed by atoms with E-state index in [0.717, 1.165) is 18.0 Å². The van der Waals surface area contributed by atoms with Crippen molar-refractivity contribution in [3.05, 3.63) is 21.9 Å². The summed E-state index contributed by atoms with van der Waals surface area (Å²) >= 11 is 1.64. The van der Waals surface area contributed by atoms with E-state index in [4.69, 9.17) is 5.11 Å². The van der Waals surface area contributed by atoms with E-state index in [2.05, 4.69) is 29.7 Å². The van der Waals surface area contributed by atoms with Crippen molar-refractivity contribution >= 4 is 17.2 Å². The Hall–Kier alpha value is -1.35. The van der Waals surface area contributed by atoms with E-state index in [9.17, 15) is 4.79 Å². The molecule has 1 aromatic heterocycles. The first-order valence-electron chi connectivity index (χ1n) is 6.67. The summed E-state index contributed by atoms with van der Waals surface area (Å²) in [6.07, 6.45) is 0.506. The molecule has 4 nitrogen and oxygen atoms in total. The second-order valence-corrected chi connectivity index (χ2v) is 5.80. The molecule has 0 unspecified atom stereocenters. The Morgan fingerprint density at radius 2 is 2.15 bits per heavy atom. The van der Waals surface area contributed by atoms with Gasteiger partial charge in [-0.3, -0.25) is 9.69 Å². The molecule has 1 amide bonds. The molecule has 0 bridgehead atoms. The number of carbonyl (C=O) groups excluding carboxylic acids is 1. The standard InChI is InChI=1S/C15H22N2O2S/c1-4-17(12-15(19)16(2)3)11-14-9-8-13(20-14)7-5-6-10-18/h8-9,18H,4,6,10-12H2,1-3H3. The average Bonchev–Trinajstić information content (AvgIpc) is 2.85. The second-order valence-electron chi connectivity index (χ2n) is 4.63. The zero-order valence-electron chi connectivity index (χ0n) is 12.3. The summed E-state index contributed by atoms with van der Waals surface area (Å²) in [6, 6.07) is 4.04. The van der Waals surface area contributed by atoms with Gasteiger partial charge in [0.2, 0.25) is 5.91 Å². The Balaban J connectivity index is 2.58. The lowest BCUT2D eigenvalue weighted by Crippen LogP contribution is -2.36. The van der Waals surface area contributed by atoms with Gasteiger partial charge >= 0.3 is 0 Å². The fraction of sp³-hybridized carbons (Fsp3) is 0.533. The number of carbonyl (C=O) groups is 1. The average molecular weight is 294 g/mol. The van der Waals surface area contributed by atoms with Crippen molar-refractivity contribution in [1.29, 1.82) is 0 Å². The maximum absolute atomic E-state index is 11.7. The van der Waals surface area contributed by atoms with Crippen LogP contribution in [-0.2, 0) is 11.3 Å². The predicted molar refractivity (Wildman–Crippen MR) is 82.5 cm³/mol. The number of hydrogen-bond acceptors (Lipinski definition) is 4. The van der Waals surface area contributed by atoms with Crippen LogP contribution >= 0.6 is 11.3 Å². The molecule has 1 aromatic rings. The van der Waals surface area contributed by atoms with Crippen LogP contribution in [0.5, 0.6) is 0 Å². The van der Waals surface area contributed by atoms with Crippen molar-refractivity contribution in [2.75, 3.05) is 33.8 Å². The van der Waals surface area contributed by atoms with Crippen LogP contribution in [0.4, 0.5) is 0 Å². The topological polar surface area (TPSA) is 43.8 Å². The molecular formula is C15H22N2O2S. The Labute approximate surface area is 125 Å². The first kappa shape index (κ1) is 16.7. The van der Waals surface area contributed by atoms with Gasteiger partial charge in [0.25, 0.3) is 0 Å². The first-order chi connectivity index (χ1) is 9.56. The molecule has 0 saturated heterocycles. The van der Waals surface area contributed by atoms with E-state index in [1.807, 2.05) is 6.07 Å². The summed E-state index contributed by atoms with van der Waals surface area (Å²) in [5.41, 5.74) is 0. The van der Waals surface area contributed by atoms with E-state index in [-0.39, 0.29) is 12.5 Å². The molecule has 0 fully saturated rings. The van der Waals surface area contributed by atoms with E-state index in [1.165, 1.54) is 4.88 Å². The van der Waals surface area contributed by atoms with Gasteiger partial charge in [-0.2, -0.15) is 0 Å². The number of likely N-dealkylation sites (N-methyl/N-ethyl adjacent to an activating group) is 2. The van der Waals surface area contributed by atoms with E-state index < -0.39 is 0 Å². The summed E-state index contributed by atoms with van der Waals surface area (Å²) in [6.45, 7) is 4.19. The molecule has 0 atom stereocenters. The fourth-order valence-corrected chi connectivity index (χ4v) is 2.49. The zero-order chi connectivity index (χ0) is 15.0. The summed E-state index contributed by atoms with van der Waals surface area (Å²) in [7, 11) is 3.55. The molecule has 110 valence electrons. The molecule has 0 aliphatic carbocycles. The van der Waals surface area contributed by atoms with Crippen molar-refractivity contribution in [3.8, 4) is 11.8 Å². The van der Waals surface area contributed by atoms with Crippen molar-refractivity contribution in [3.63, 3.8) is 0 Å². The van der Waals surface area contributed by atoms with E-state index in [0.29, 0.717) is 13.0 Å². The molecule has 5 heteroatoms. The lowest BCUT2D eigenvalue weighted by molar-refractivity contribution is -0.130. The van der Waals surface area contributed by atoms with E-state index >= 15 is 0 Å². The molecule has 1 heterocycles. The Kier molecular flexibility index (Phi) is 7.31. The van der Waals surface area contributed by atoms with Gasteiger partial charge in [-0.05, 0) is 18.7 Å². The lowest BCUT2D eigenvalue weighted by atomic mass is 10.3. The third-order valence-corrected chi connectivity index (χ3v) is 3.78. The summed E-state index contributed by atoms with van der Waals surface area (Å²) in [5.74, 6) is 6.06. The number of rotatable bonds is 6. The van der Waals surface area contributed by atoms with Crippen LogP contribution in [0.2, 0.25) is 0 Å². The minimum atomic E-state index is 0.0987. The monoisotopic (exact) mass is 294 g/mol. The van der Waals surface area contributed by atoms with Crippen molar-refractivity contribution in [2.24, 2.45) is 0 Å². The van der Waals surface area contributed by atoms with Crippen LogP contribution in [0.15, 0.2) is 12.1 Å². The highest BCUT2D eigenvalue weighted by atomic mass is 32.1. The zero-order valence-corrected chi connectivity index (χ0v) is 13.2. The Morgan fingerprint density at radius 3 is 2.75 bits per heavy atom. The minimum Gasteiger partial charge on any atom is -0.395 e. The number of hydrogen-bond donors (Lipinski definition) is 1. The molecule has 0 saturated carbocycles. The third-order valence-electron chi connectivity index (χ3n) is 2.79. The Morgan fingerprint density at radius 1 is 1.40 bits per heavy atom. The largest absolute Gasteiger partial charge is 0.395 e. The molecule has 0 radical (unpaired) electrons. The van der Waals surface area contributed by atoms with Crippen LogP contribution < -0.4 is 0 Å². The number of aliphatic hydroxyl groups is 1. The van der Waals surface area contributed by atoms with Crippen molar-refractivity contribution in [2.45, 2.75) is 19.9 Å². The first-order valence-corrected chi connectivity index (χ1v) is 7.49. The van der Waals surface area contributed by atoms with Crippen molar-refractivity contribution in [1.82, 2.24) is 9.80 Å². The molecule has 0 aliphatic rings. The quantitative estimate of drug-likeness (QED) is 0.807. The maximum Gasteiger partial charge on any atom is 0.236 e. The van der Waals surface area contributed by atoms with Gasteiger partial charge in [0.05, 0.1) is 18.0 Å². The summed E-state index contributed by atoms with van der Waals surface area (Å²) in [4.78, 5) is 17.7. The van der Waals surface area contributed by atoms with Crippen LogP contribution in [0.25, 0.3) is 0 Å². The smallest absolute Gasteiger partial charge is 0.236 e. The highest BCUT2D eigenvalue weighted by molar-refractivity contribution is 7.12. The van der Waals surface area contributed by atoms with Crippen molar-refractivity contribution < 1.29 is 9.90 Å². The van der Waals surface area contributed by atoms with Gasteiger partial charge in [0, 0.05) is 31.9 Å². The van der Waals surface area contributed by atoms with Gasteiger partial charge in [0.1, 0.15) is 0 Å². The molecule has 0 aromatic carbocycles. The second kappa shape index (κ2) is 8.75. The van der Waals surface area contributed by atoms with Gasteiger partial charge in [-0.1, -0.05) is 18.8 Å². The predicted octanol–water partition coefficient (Wildman–Crippen LogP) is 1.39. The fourth-order valence-electron chi connectivity index (χ4n) is 1.57. The molecule has 20 heavy (non-hydrogen) atoms. The molecular weight excluding hydrogens is 272 g/mol. The lowest BCUT2D eigenvalue weighted by Gasteiger charge is -2.21. The normalized spacial score (nSPS) is 10.2. The van der Waals surface area contributed by atoms with Crippen LogP contribution in [-0.4, -0.2) is 54.6 Å². The highest BCUT2D eigenvalue weighted by Crippen LogP contribution is 2.17. The SMILES string of the molecule is CCN(CC(=O)N(C)C)Cc1ccc(C#CCCO)s1. The third kappa shape index (κ3) is 5.74. The summed E-state index contributed by atoms with van der Waals surface area (Å²) in [5, 5.41) is 8.69. The molecule has 0 spiro atoms. The maximum atomic E-state index is 11.7. The minimum absolute atomic E-state index is 0.0987. The van der Waals surface area contributed by atoms with Crippen LogP contribution in [0, 0.1) is 11.8 Å². The number of amides is 1. The van der Waals surface area contributed by atoms with Gasteiger partial charge in [0.15, 0.2) is 0 Å². The van der Waals surface area contributed by atoms with Crippen LogP contribution in [0.1, 0.15) is 23.1 Å². The number of aliphatic hydroxyl groups excluding tert-OH is 1. The number of thiophene rings is 1. The number of nitrogens with zero attached hydrogens (tertiary/aromatic N) is 2. The van der Waals surface area contributed by atoms with Gasteiger partial charge < -0.3 is 10.0 Å². The molecule has 1 N–H and O–H groups in total. The molecule has 0 aliphatic heterocycles.